The van der Waals surface area contributed by atoms with Crippen LogP contribution in [-0.2, 0) is 9.47 Å². The van der Waals surface area contributed by atoms with E-state index in [0.29, 0.717) is 56.9 Å². The van der Waals surface area contributed by atoms with Crippen LogP contribution in [0.1, 0.15) is 79.2 Å². The molecule has 1 N–H and O–H groups in total. The van der Waals surface area contributed by atoms with Gasteiger partial charge in [0.05, 0.1) is 19.3 Å². The van der Waals surface area contributed by atoms with Crippen molar-refractivity contribution >= 4 is 16.9 Å². The number of hydrogen-bond donors (Lipinski definition) is 1. The predicted molar refractivity (Wildman–Crippen MR) is 117 cm³/mol. The molecule has 1 amide bonds. The molecule has 4 aliphatic rings. The van der Waals surface area contributed by atoms with Crippen molar-refractivity contribution in [3.63, 3.8) is 0 Å². The van der Waals surface area contributed by atoms with Gasteiger partial charge in [0.15, 0.2) is 11.5 Å². The first-order valence-electron chi connectivity index (χ1n) is 12.0. The van der Waals surface area contributed by atoms with E-state index in [9.17, 15) is 9.90 Å². The topological polar surface area (TPSA) is 81.4 Å². The van der Waals surface area contributed by atoms with Crippen LogP contribution >= 0.6 is 0 Å². The summed E-state index contributed by atoms with van der Waals surface area (Å²) in [6, 6.07) is 3.77. The zero-order valence-electron chi connectivity index (χ0n) is 18.7. The zero-order chi connectivity index (χ0) is 21.9. The highest BCUT2D eigenvalue weighted by Gasteiger charge is 2.44. The second kappa shape index (κ2) is 7.47. The Balaban J connectivity index is 1.30. The maximum absolute atomic E-state index is 13.3. The van der Waals surface area contributed by atoms with Crippen LogP contribution in [0, 0.1) is 6.92 Å². The molecule has 3 fully saturated rings. The van der Waals surface area contributed by atoms with Crippen LogP contribution in [0.5, 0.6) is 5.75 Å². The lowest BCUT2D eigenvalue weighted by atomic mass is 9.77. The molecule has 1 aliphatic carbocycles. The minimum absolute atomic E-state index is 0.115. The SMILES string of the molecule is Cc1c(C(=O)N2CCC3(CC2)OCCO3)oc2ccc3c(c12)C(O)CC1(CCCCC1)O3. The van der Waals surface area contributed by atoms with Gasteiger partial charge >= 0.3 is 0 Å². The molecule has 0 radical (unpaired) electrons. The first kappa shape index (κ1) is 20.5. The molecule has 7 heteroatoms. The fourth-order valence-electron chi connectivity index (χ4n) is 6.19. The first-order chi connectivity index (χ1) is 15.5. The Kier molecular flexibility index (Phi) is 4.79. The highest BCUT2D eigenvalue weighted by molar-refractivity contribution is 6.00. The van der Waals surface area contributed by atoms with Gasteiger partial charge < -0.3 is 28.6 Å². The van der Waals surface area contributed by atoms with Gasteiger partial charge in [-0.3, -0.25) is 4.79 Å². The molecule has 1 aromatic heterocycles. The molecule has 2 aromatic rings. The average Bonchev–Trinajstić information content (AvgIpc) is 3.38. The third-order valence-corrected chi connectivity index (χ3v) is 7.90. The third-order valence-electron chi connectivity index (χ3n) is 7.90. The molecule has 1 unspecified atom stereocenters. The molecule has 32 heavy (non-hydrogen) atoms. The molecule has 3 aliphatic heterocycles. The van der Waals surface area contributed by atoms with Crippen LogP contribution in [0.15, 0.2) is 16.5 Å². The number of aliphatic hydroxyl groups is 1. The van der Waals surface area contributed by atoms with Gasteiger partial charge in [-0.25, -0.2) is 0 Å². The highest BCUT2D eigenvalue weighted by Crippen LogP contribution is 2.49. The van der Waals surface area contributed by atoms with Crippen molar-refractivity contribution in [2.75, 3.05) is 26.3 Å². The summed E-state index contributed by atoms with van der Waals surface area (Å²) in [6.07, 6.45) is 6.80. The van der Waals surface area contributed by atoms with E-state index >= 15 is 0 Å². The predicted octanol–water partition coefficient (Wildman–Crippen LogP) is 4.24. The summed E-state index contributed by atoms with van der Waals surface area (Å²) in [4.78, 5) is 15.2. The molecule has 172 valence electrons. The molecule has 6 rings (SSSR count). The standard InChI is InChI=1S/C25H31NO6/c1-16-20-18(5-6-19-21(20)17(27)15-24(32-19)7-3-2-4-8-24)31-22(16)23(28)26-11-9-25(10-12-26)29-13-14-30-25/h5-6,17,27H,2-4,7-15H2,1H3. The fourth-order valence-corrected chi connectivity index (χ4v) is 6.19. The number of furan rings is 1. The number of aliphatic hydroxyl groups excluding tert-OH is 1. The lowest BCUT2D eigenvalue weighted by Gasteiger charge is -2.43. The molecule has 0 bridgehead atoms. The van der Waals surface area contributed by atoms with E-state index in [1.54, 1.807) is 0 Å². The van der Waals surface area contributed by atoms with Gasteiger partial charge in [0.1, 0.15) is 16.9 Å². The van der Waals surface area contributed by atoms with Crippen molar-refractivity contribution in [3.8, 4) is 5.75 Å². The van der Waals surface area contributed by atoms with E-state index in [1.807, 2.05) is 24.0 Å². The summed E-state index contributed by atoms with van der Waals surface area (Å²) in [7, 11) is 0. The summed E-state index contributed by atoms with van der Waals surface area (Å²) in [5, 5.41) is 12.0. The van der Waals surface area contributed by atoms with Crippen LogP contribution in [0.2, 0.25) is 0 Å². The Morgan fingerprint density at radius 2 is 1.78 bits per heavy atom. The van der Waals surface area contributed by atoms with Crippen molar-refractivity contribution in [3.05, 3.63) is 29.0 Å². The Labute approximate surface area is 187 Å². The van der Waals surface area contributed by atoms with E-state index in [-0.39, 0.29) is 11.5 Å². The minimum atomic E-state index is -0.619. The van der Waals surface area contributed by atoms with Gasteiger partial charge in [-0.1, -0.05) is 6.42 Å². The number of carbonyl (C=O) groups is 1. The first-order valence-corrected chi connectivity index (χ1v) is 12.0. The number of aryl methyl sites for hydroxylation is 1. The summed E-state index contributed by atoms with van der Waals surface area (Å²) in [5.41, 5.74) is 1.91. The summed E-state index contributed by atoms with van der Waals surface area (Å²) in [5.74, 6) is 0.449. The lowest BCUT2D eigenvalue weighted by Crippen LogP contribution is -2.47. The van der Waals surface area contributed by atoms with Crippen LogP contribution in [0.25, 0.3) is 11.0 Å². The number of benzene rings is 1. The number of likely N-dealkylation sites (tertiary alicyclic amines) is 1. The molecular formula is C25H31NO6. The largest absolute Gasteiger partial charge is 0.487 e. The average molecular weight is 442 g/mol. The molecule has 7 nitrogen and oxygen atoms in total. The number of ether oxygens (including phenoxy) is 3. The summed E-state index contributed by atoms with van der Waals surface area (Å²) < 4.78 is 24.1. The van der Waals surface area contributed by atoms with Gasteiger partial charge in [0, 0.05) is 48.9 Å². The molecule has 1 atom stereocenters. The van der Waals surface area contributed by atoms with Crippen LogP contribution < -0.4 is 4.74 Å². The maximum Gasteiger partial charge on any atom is 0.289 e. The number of carbonyl (C=O) groups excluding carboxylic acids is 1. The van der Waals surface area contributed by atoms with Crippen molar-refractivity contribution in [2.45, 2.75) is 75.8 Å². The monoisotopic (exact) mass is 441 g/mol. The quantitative estimate of drug-likeness (QED) is 0.713. The molecule has 1 saturated carbocycles. The van der Waals surface area contributed by atoms with Gasteiger partial charge in [-0.15, -0.1) is 0 Å². The normalized spacial score (nSPS) is 26.4. The van der Waals surface area contributed by atoms with E-state index < -0.39 is 11.9 Å². The van der Waals surface area contributed by atoms with Crippen LogP contribution in [0.3, 0.4) is 0 Å². The molecule has 2 saturated heterocycles. The molecule has 1 aromatic carbocycles. The minimum Gasteiger partial charge on any atom is -0.487 e. The van der Waals surface area contributed by atoms with Crippen LogP contribution in [0.4, 0.5) is 0 Å². The fraction of sp³-hybridized carbons (Fsp3) is 0.640. The summed E-state index contributed by atoms with van der Waals surface area (Å²) >= 11 is 0. The van der Waals surface area contributed by atoms with Gasteiger partial charge in [0.25, 0.3) is 5.91 Å². The maximum atomic E-state index is 13.3. The van der Waals surface area contributed by atoms with E-state index in [2.05, 4.69) is 0 Å². The van der Waals surface area contributed by atoms with E-state index in [0.717, 1.165) is 47.9 Å². The second-order valence-electron chi connectivity index (χ2n) is 9.87. The van der Waals surface area contributed by atoms with Gasteiger partial charge in [-0.2, -0.15) is 0 Å². The van der Waals surface area contributed by atoms with E-state index in [4.69, 9.17) is 18.6 Å². The Morgan fingerprint density at radius 3 is 2.50 bits per heavy atom. The second-order valence-corrected chi connectivity index (χ2v) is 9.87. The number of hydrogen-bond acceptors (Lipinski definition) is 6. The van der Waals surface area contributed by atoms with Crippen molar-refractivity contribution in [1.82, 2.24) is 4.90 Å². The molecule has 2 spiro atoms. The van der Waals surface area contributed by atoms with Crippen LogP contribution in [-0.4, -0.2) is 53.6 Å². The third kappa shape index (κ3) is 3.17. The number of piperidine rings is 1. The lowest BCUT2D eigenvalue weighted by molar-refractivity contribution is -0.181. The molecule has 4 heterocycles. The van der Waals surface area contributed by atoms with Crippen molar-refractivity contribution in [1.29, 1.82) is 0 Å². The number of fused-ring (bicyclic) bond motifs is 3. The number of amides is 1. The number of nitrogens with zero attached hydrogens (tertiary/aromatic N) is 1. The Hall–Kier alpha value is -2.09. The highest BCUT2D eigenvalue weighted by atomic mass is 16.7. The van der Waals surface area contributed by atoms with E-state index in [1.165, 1.54) is 6.42 Å². The molecular weight excluding hydrogens is 410 g/mol. The Bertz CT molecular complexity index is 1040. The smallest absolute Gasteiger partial charge is 0.289 e. The van der Waals surface area contributed by atoms with Gasteiger partial charge in [0.2, 0.25) is 0 Å². The van der Waals surface area contributed by atoms with Crippen molar-refractivity contribution < 1.29 is 28.5 Å². The zero-order valence-corrected chi connectivity index (χ0v) is 18.7. The Morgan fingerprint density at radius 1 is 1.06 bits per heavy atom. The van der Waals surface area contributed by atoms with Crippen molar-refractivity contribution in [2.24, 2.45) is 0 Å². The number of rotatable bonds is 1. The van der Waals surface area contributed by atoms with Gasteiger partial charge in [-0.05, 0) is 44.7 Å². The summed E-state index contributed by atoms with van der Waals surface area (Å²) in [6.45, 7) is 4.29.